The van der Waals surface area contributed by atoms with Gasteiger partial charge in [-0.1, -0.05) is 12.1 Å². The number of aromatic nitrogens is 2. The summed E-state index contributed by atoms with van der Waals surface area (Å²) in [5.74, 6) is 0.219. The number of carbonyl (C=O) groups is 1. The van der Waals surface area contributed by atoms with Crippen molar-refractivity contribution < 1.29 is 18.3 Å². The van der Waals surface area contributed by atoms with Gasteiger partial charge in [-0.3, -0.25) is 10.3 Å². The minimum atomic E-state index is -2.59. The van der Waals surface area contributed by atoms with Crippen molar-refractivity contribution in [2.45, 2.75) is 19.4 Å². The molecule has 0 aliphatic rings. The third-order valence-corrected chi connectivity index (χ3v) is 2.85. The summed E-state index contributed by atoms with van der Waals surface area (Å²) in [6.45, 7) is 1.06. The van der Waals surface area contributed by atoms with Gasteiger partial charge in [-0.25, -0.2) is 13.6 Å². The lowest BCUT2D eigenvalue weighted by Crippen LogP contribution is -2.31. The summed E-state index contributed by atoms with van der Waals surface area (Å²) in [5.41, 5.74) is 0.852. The molecule has 0 fully saturated rings. The summed E-state index contributed by atoms with van der Waals surface area (Å²) in [4.78, 5) is 19.8. The zero-order valence-electron chi connectivity index (χ0n) is 12.4. The molecule has 0 aliphatic carbocycles. The van der Waals surface area contributed by atoms with Crippen molar-refractivity contribution in [3.05, 3.63) is 48.3 Å². The summed E-state index contributed by atoms with van der Waals surface area (Å²) >= 11 is 0. The molecule has 2 aromatic rings. The molecule has 0 spiro atoms. The number of nitrogens with zero attached hydrogens (tertiary/aromatic N) is 2. The van der Waals surface area contributed by atoms with Gasteiger partial charge in [0.25, 0.3) is 6.43 Å². The Morgan fingerprint density at radius 3 is 2.83 bits per heavy atom. The van der Waals surface area contributed by atoms with E-state index in [0.29, 0.717) is 0 Å². The number of rotatable bonds is 6. The molecule has 0 saturated heterocycles. The van der Waals surface area contributed by atoms with E-state index in [1.165, 1.54) is 12.1 Å². The smallest absolute Gasteiger partial charge is 0.320 e. The van der Waals surface area contributed by atoms with Crippen LogP contribution in [0.3, 0.4) is 0 Å². The van der Waals surface area contributed by atoms with Crippen LogP contribution in [0.2, 0.25) is 0 Å². The van der Waals surface area contributed by atoms with Gasteiger partial charge in [0.1, 0.15) is 5.82 Å². The quantitative estimate of drug-likeness (QED) is 0.857. The van der Waals surface area contributed by atoms with Crippen LogP contribution < -0.4 is 15.4 Å². The average Bonchev–Trinajstić information content (AvgIpc) is 2.54. The van der Waals surface area contributed by atoms with Crippen LogP contribution in [0.4, 0.5) is 19.4 Å². The zero-order valence-corrected chi connectivity index (χ0v) is 12.4. The molecule has 6 nitrogen and oxygen atoms in total. The normalized spacial score (nSPS) is 11.8. The first kappa shape index (κ1) is 16.6. The number of nitrogens with one attached hydrogen (secondary N) is 2. The van der Waals surface area contributed by atoms with E-state index in [4.69, 9.17) is 4.74 Å². The van der Waals surface area contributed by atoms with Crippen molar-refractivity contribution in [1.82, 2.24) is 15.3 Å². The average molecular weight is 322 g/mol. The number of urea groups is 1. The maximum atomic E-state index is 12.1. The molecule has 2 rings (SSSR count). The lowest BCUT2D eigenvalue weighted by Gasteiger charge is -2.14. The highest BCUT2D eigenvalue weighted by Crippen LogP contribution is 2.13. The molecule has 0 aliphatic heterocycles. The molecule has 8 heteroatoms. The molecule has 0 radical (unpaired) electrons. The van der Waals surface area contributed by atoms with Gasteiger partial charge in [0.2, 0.25) is 5.88 Å². The summed E-state index contributed by atoms with van der Waals surface area (Å²) in [6, 6.07) is 7.41. The topological polar surface area (TPSA) is 76.1 Å². The van der Waals surface area contributed by atoms with Crippen LogP contribution in [0.5, 0.6) is 5.88 Å². The fraction of sp³-hybridized carbons (Fsp3) is 0.267. The Labute approximate surface area is 131 Å². The molecule has 2 heterocycles. The minimum Gasteiger partial charge on any atom is -0.472 e. The number of anilines is 1. The molecule has 2 aromatic heterocycles. The van der Waals surface area contributed by atoms with Crippen molar-refractivity contribution in [1.29, 1.82) is 0 Å². The molecule has 0 bridgehead atoms. The molecule has 0 aromatic carbocycles. The first-order chi connectivity index (χ1) is 11.0. The molecule has 23 heavy (non-hydrogen) atoms. The van der Waals surface area contributed by atoms with Crippen molar-refractivity contribution in [3.8, 4) is 5.88 Å². The molecular weight excluding hydrogens is 306 g/mol. The fourth-order valence-corrected chi connectivity index (χ4v) is 1.78. The van der Waals surface area contributed by atoms with Gasteiger partial charge in [-0.15, -0.1) is 0 Å². The van der Waals surface area contributed by atoms with Crippen molar-refractivity contribution in [2.24, 2.45) is 0 Å². The second-order valence-electron chi connectivity index (χ2n) is 4.67. The zero-order chi connectivity index (χ0) is 16.7. The largest absolute Gasteiger partial charge is 0.472 e. The van der Waals surface area contributed by atoms with Crippen LogP contribution in [0.15, 0.2) is 42.7 Å². The Balaban J connectivity index is 1.91. The van der Waals surface area contributed by atoms with Crippen LogP contribution in [0.1, 0.15) is 18.5 Å². The van der Waals surface area contributed by atoms with Crippen LogP contribution >= 0.6 is 0 Å². The van der Waals surface area contributed by atoms with Crippen LogP contribution in [-0.2, 0) is 0 Å². The number of pyridine rings is 2. The van der Waals surface area contributed by atoms with Crippen LogP contribution in [0.25, 0.3) is 0 Å². The maximum Gasteiger partial charge on any atom is 0.320 e. The van der Waals surface area contributed by atoms with E-state index in [-0.39, 0.29) is 17.7 Å². The van der Waals surface area contributed by atoms with Crippen LogP contribution in [-0.4, -0.2) is 29.0 Å². The molecule has 122 valence electrons. The molecule has 0 unspecified atom stereocenters. The standard InChI is InChI=1S/C15H16F2N4O2/c1-10(11-4-3-7-18-8-11)19-15(22)21-13-5-2-6-14(20-13)23-9-12(16)17/h2-8,10,12H,9H2,1H3,(H2,19,20,21,22)/t10-/m0/s1. The first-order valence-corrected chi connectivity index (χ1v) is 6.90. The van der Waals surface area contributed by atoms with Crippen molar-refractivity contribution >= 4 is 11.8 Å². The second-order valence-corrected chi connectivity index (χ2v) is 4.67. The van der Waals surface area contributed by atoms with E-state index >= 15 is 0 Å². The lowest BCUT2D eigenvalue weighted by atomic mass is 10.1. The predicted molar refractivity (Wildman–Crippen MR) is 80.5 cm³/mol. The summed E-state index contributed by atoms with van der Waals surface area (Å²) in [6.07, 6.45) is 0.713. The number of hydrogen-bond donors (Lipinski definition) is 2. The van der Waals surface area contributed by atoms with Gasteiger partial charge in [-0.2, -0.15) is 4.98 Å². The third-order valence-electron chi connectivity index (χ3n) is 2.85. The van der Waals surface area contributed by atoms with E-state index in [9.17, 15) is 13.6 Å². The van der Waals surface area contributed by atoms with Gasteiger partial charge in [-0.05, 0) is 24.6 Å². The van der Waals surface area contributed by atoms with E-state index in [2.05, 4.69) is 20.6 Å². The van der Waals surface area contributed by atoms with Gasteiger partial charge in [0, 0.05) is 18.5 Å². The number of carbonyl (C=O) groups excluding carboxylic acids is 1. The summed E-state index contributed by atoms with van der Waals surface area (Å²) in [7, 11) is 0. The van der Waals surface area contributed by atoms with Gasteiger partial charge < -0.3 is 10.1 Å². The fourth-order valence-electron chi connectivity index (χ4n) is 1.78. The Morgan fingerprint density at radius 1 is 1.30 bits per heavy atom. The Kier molecular flexibility index (Phi) is 5.79. The van der Waals surface area contributed by atoms with Gasteiger partial charge in [0.05, 0.1) is 6.04 Å². The summed E-state index contributed by atoms with van der Waals surface area (Å²) in [5, 5.41) is 5.25. The summed E-state index contributed by atoms with van der Waals surface area (Å²) < 4.78 is 29.0. The molecular formula is C15H16F2N4O2. The maximum absolute atomic E-state index is 12.1. The Hall–Kier alpha value is -2.77. The van der Waals surface area contributed by atoms with E-state index in [1.54, 1.807) is 24.5 Å². The highest BCUT2D eigenvalue weighted by molar-refractivity contribution is 5.88. The molecule has 1 atom stereocenters. The van der Waals surface area contributed by atoms with Crippen molar-refractivity contribution in [3.63, 3.8) is 0 Å². The molecule has 0 saturated carbocycles. The number of alkyl halides is 2. The van der Waals surface area contributed by atoms with Gasteiger partial charge >= 0.3 is 6.03 Å². The van der Waals surface area contributed by atoms with Crippen LogP contribution in [0, 0.1) is 0 Å². The Bertz CT molecular complexity index is 640. The first-order valence-electron chi connectivity index (χ1n) is 6.90. The van der Waals surface area contributed by atoms with E-state index < -0.39 is 19.1 Å². The van der Waals surface area contributed by atoms with Crippen molar-refractivity contribution in [2.75, 3.05) is 11.9 Å². The van der Waals surface area contributed by atoms with E-state index in [1.807, 2.05) is 13.0 Å². The van der Waals surface area contributed by atoms with E-state index in [0.717, 1.165) is 5.56 Å². The number of hydrogen-bond acceptors (Lipinski definition) is 4. The number of halogens is 2. The SMILES string of the molecule is C[C@H](NC(=O)Nc1cccc(OCC(F)F)n1)c1cccnc1. The number of ether oxygens (including phenoxy) is 1. The molecule has 2 amide bonds. The highest BCUT2D eigenvalue weighted by Gasteiger charge is 2.11. The predicted octanol–water partition coefficient (Wildman–Crippen LogP) is 3.00. The Morgan fingerprint density at radius 2 is 2.13 bits per heavy atom. The number of amides is 2. The second kappa shape index (κ2) is 8.02. The molecule has 2 N–H and O–H groups in total. The van der Waals surface area contributed by atoms with Gasteiger partial charge in [0.15, 0.2) is 6.61 Å². The minimum absolute atomic E-state index is 0.0170. The highest BCUT2D eigenvalue weighted by atomic mass is 19.3. The lowest BCUT2D eigenvalue weighted by molar-refractivity contribution is 0.0796. The third kappa shape index (κ3) is 5.50. The monoisotopic (exact) mass is 322 g/mol.